The minimum Gasteiger partial charge on any atom is -0.465 e. The van der Waals surface area contributed by atoms with Crippen LogP contribution in [-0.2, 0) is 96.5 Å². The van der Waals surface area contributed by atoms with E-state index in [-0.39, 0.29) is 63.1 Å². The number of hydrogen-bond acceptors (Lipinski definition) is 15. The van der Waals surface area contributed by atoms with Crippen molar-refractivity contribution in [2.75, 3.05) is 20.3 Å². The molecule has 3 aliphatic rings. The van der Waals surface area contributed by atoms with Crippen molar-refractivity contribution in [3.63, 3.8) is 0 Å². The van der Waals surface area contributed by atoms with Crippen LogP contribution in [0.1, 0.15) is 57.6 Å². The van der Waals surface area contributed by atoms with Crippen molar-refractivity contribution >= 4 is 11.7 Å². The first-order valence-electron chi connectivity index (χ1n) is 25.1. The fourth-order valence-electron chi connectivity index (χ4n) is 9.41. The van der Waals surface area contributed by atoms with Gasteiger partial charge in [0.1, 0.15) is 48.8 Å². The Labute approximate surface area is 436 Å². The number of nitro benzene ring substituents is 1. The van der Waals surface area contributed by atoms with Crippen molar-refractivity contribution in [1.29, 1.82) is 0 Å². The number of rotatable bonds is 24. The van der Waals surface area contributed by atoms with Gasteiger partial charge in [-0.15, -0.1) is 0 Å². The van der Waals surface area contributed by atoms with E-state index in [2.05, 4.69) is 0 Å². The van der Waals surface area contributed by atoms with Crippen molar-refractivity contribution in [3.05, 3.63) is 219 Å². The SMILES string of the molecule is COC(=O)c1ccc(CO[C@H]2O[C@H](COCc3ccccc3)[C@@H](OCc3ccccc3)[C@H](OCc3ccccc3)[C@@H]2O[C@H]2O[C@H](COCc3ccccc3)[C@@H](OCc3ccccc3)[C@@H]3OC(C)(C)O[C@H]23)c([N+](=O)[O-])c1. The van der Waals surface area contributed by atoms with Gasteiger partial charge in [0.2, 0.25) is 0 Å². The van der Waals surface area contributed by atoms with Gasteiger partial charge < -0.3 is 56.8 Å². The molecule has 6 aromatic carbocycles. The molecule has 16 heteroatoms. The van der Waals surface area contributed by atoms with Crippen LogP contribution >= 0.6 is 0 Å². The standard InChI is InChI=1S/C59H63NO15/c1-59(2)74-53-51(68-35-43-25-15-7-16-26-43)49(39-66-33-41-21-11-5-12-22-41)72-58(55(53)75-59)73-54-52(69-36-44-27-17-8-18-28-44)50(67-34-42-23-13-6-14-24-42)48(38-65-32-40-19-9-4-10-20-40)71-57(54)70-37-46-30-29-45(56(61)64-3)31-47(46)60(62)63/h4-31,48-55,57-58H,32-39H2,1-3H3/t48-,49-,50-,51-,52+,53+,54+,55+,57+,58-/m1/s1. The third-order valence-electron chi connectivity index (χ3n) is 13.1. The molecule has 75 heavy (non-hydrogen) atoms. The number of fused-ring (bicyclic) bond motifs is 1. The summed E-state index contributed by atoms with van der Waals surface area (Å²) in [5, 5.41) is 12.6. The number of carbonyl (C=O) groups is 1. The van der Waals surface area contributed by atoms with Gasteiger partial charge in [0.15, 0.2) is 18.4 Å². The van der Waals surface area contributed by atoms with Crippen molar-refractivity contribution < 1.29 is 66.6 Å². The van der Waals surface area contributed by atoms with Gasteiger partial charge in [0.05, 0.1) is 76.0 Å². The normalized spacial score (nSPS) is 25.1. The van der Waals surface area contributed by atoms with Crippen LogP contribution in [0, 0.1) is 10.1 Å². The molecule has 6 aromatic rings. The van der Waals surface area contributed by atoms with Gasteiger partial charge in [-0.2, -0.15) is 0 Å². The summed E-state index contributed by atoms with van der Waals surface area (Å²) in [5.41, 5.74) is 4.46. The number of hydrogen-bond donors (Lipinski definition) is 0. The summed E-state index contributed by atoms with van der Waals surface area (Å²) >= 11 is 0. The third-order valence-corrected chi connectivity index (χ3v) is 13.1. The van der Waals surface area contributed by atoms with Gasteiger partial charge in [0.25, 0.3) is 5.69 Å². The second-order valence-electron chi connectivity index (χ2n) is 18.9. The first-order chi connectivity index (χ1) is 36.6. The van der Waals surface area contributed by atoms with E-state index >= 15 is 0 Å². The zero-order chi connectivity index (χ0) is 52.0. The molecule has 10 atom stereocenters. The number of nitrogens with zero attached hydrogens (tertiary/aromatic N) is 1. The fourth-order valence-corrected chi connectivity index (χ4v) is 9.41. The van der Waals surface area contributed by atoms with Gasteiger partial charge in [-0.1, -0.05) is 152 Å². The van der Waals surface area contributed by atoms with Gasteiger partial charge in [-0.25, -0.2) is 4.79 Å². The minimum absolute atomic E-state index is 0.00514. The second kappa shape index (κ2) is 26.0. The molecule has 3 heterocycles. The van der Waals surface area contributed by atoms with Crippen LogP contribution in [0.15, 0.2) is 170 Å². The second-order valence-corrected chi connectivity index (χ2v) is 18.9. The average molecular weight is 1030 g/mol. The lowest BCUT2D eigenvalue weighted by atomic mass is 9.96. The zero-order valence-corrected chi connectivity index (χ0v) is 42.2. The largest absolute Gasteiger partial charge is 0.465 e. The predicted molar refractivity (Wildman–Crippen MR) is 272 cm³/mol. The van der Waals surface area contributed by atoms with Crippen molar-refractivity contribution in [2.45, 2.75) is 121 Å². The molecule has 0 amide bonds. The Morgan fingerprint density at radius 3 is 1.45 bits per heavy atom. The molecule has 3 aliphatic heterocycles. The highest BCUT2D eigenvalue weighted by atomic mass is 16.8. The topological polar surface area (TPSA) is 171 Å². The lowest BCUT2D eigenvalue weighted by Crippen LogP contribution is -2.65. The molecular weight excluding hydrogens is 963 g/mol. The number of esters is 1. The van der Waals surface area contributed by atoms with E-state index in [1.165, 1.54) is 19.2 Å². The smallest absolute Gasteiger partial charge is 0.338 e. The maximum atomic E-state index is 12.6. The van der Waals surface area contributed by atoms with E-state index in [0.29, 0.717) is 6.61 Å². The molecule has 3 fully saturated rings. The molecule has 394 valence electrons. The Balaban J connectivity index is 1.09. The molecule has 0 radical (unpaired) electrons. The van der Waals surface area contributed by atoms with E-state index in [0.717, 1.165) is 33.9 Å². The molecule has 0 unspecified atom stereocenters. The Morgan fingerprint density at radius 2 is 0.960 bits per heavy atom. The van der Waals surface area contributed by atoms with E-state index in [9.17, 15) is 14.9 Å². The summed E-state index contributed by atoms with van der Waals surface area (Å²) in [6.07, 6.45) is -9.41. The molecule has 3 saturated heterocycles. The first-order valence-corrected chi connectivity index (χ1v) is 25.1. The van der Waals surface area contributed by atoms with Gasteiger partial charge in [0, 0.05) is 6.07 Å². The molecular formula is C59H63NO15. The summed E-state index contributed by atoms with van der Waals surface area (Å²) in [6.45, 7) is 4.52. The molecule has 0 bridgehead atoms. The quantitative estimate of drug-likeness (QED) is 0.0319. The number of ether oxygens (including phenoxy) is 12. The summed E-state index contributed by atoms with van der Waals surface area (Å²) in [5.74, 6) is -1.83. The lowest BCUT2D eigenvalue weighted by Gasteiger charge is -2.48. The van der Waals surface area contributed by atoms with Gasteiger partial charge in [-0.05, 0) is 53.8 Å². The summed E-state index contributed by atoms with van der Waals surface area (Å²) in [7, 11) is 1.21. The molecule has 0 saturated carbocycles. The number of benzene rings is 6. The first kappa shape index (κ1) is 53.6. The maximum absolute atomic E-state index is 12.6. The van der Waals surface area contributed by atoms with Gasteiger partial charge in [-0.3, -0.25) is 10.1 Å². The highest BCUT2D eigenvalue weighted by molar-refractivity contribution is 5.90. The summed E-state index contributed by atoms with van der Waals surface area (Å²) in [4.78, 5) is 24.5. The molecule has 0 aromatic heterocycles. The molecule has 0 aliphatic carbocycles. The van der Waals surface area contributed by atoms with E-state index in [1.807, 2.05) is 166 Å². The van der Waals surface area contributed by atoms with Crippen LogP contribution in [0.5, 0.6) is 0 Å². The van der Waals surface area contributed by atoms with Crippen LogP contribution in [0.3, 0.4) is 0 Å². The van der Waals surface area contributed by atoms with Crippen LogP contribution in [-0.4, -0.2) is 98.4 Å². The number of carbonyl (C=O) groups excluding carboxylic acids is 1. The summed E-state index contributed by atoms with van der Waals surface area (Å²) < 4.78 is 79.6. The fraction of sp³-hybridized carbons (Fsp3) is 0.373. The lowest BCUT2D eigenvalue weighted by molar-refractivity contribution is -0.387. The average Bonchev–Trinajstić information content (AvgIpc) is 3.79. The maximum Gasteiger partial charge on any atom is 0.338 e. The van der Waals surface area contributed by atoms with Crippen molar-refractivity contribution in [2.24, 2.45) is 0 Å². The van der Waals surface area contributed by atoms with E-state index in [4.69, 9.17) is 56.8 Å². The third kappa shape index (κ3) is 14.4. The zero-order valence-electron chi connectivity index (χ0n) is 42.2. The van der Waals surface area contributed by atoms with Crippen LogP contribution in [0.2, 0.25) is 0 Å². The predicted octanol–water partition coefficient (Wildman–Crippen LogP) is 9.44. The Hall–Kier alpha value is -6.25. The highest BCUT2D eigenvalue weighted by Gasteiger charge is 2.59. The van der Waals surface area contributed by atoms with Crippen molar-refractivity contribution in [3.8, 4) is 0 Å². The Bertz CT molecular complexity index is 2700. The minimum atomic E-state index is -1.32. The monoisotopic (exact) mass is 1030 g/mol. The van der Waals surface area contributed by atoms with Crippen LogP contribution in [0.4, 0.5) is 5.69 Å². The van der Waals surface area contributed by atoms with Crippen LogP contribution < -0.4 is 0 Å². The van der Waals surface area contributed by atoms with Crippen LogP contribution in [0.25, 0.3) is 0 Å². The van der Waals surface area contributed by atoms with Gasteiger partial charge >= 0.3 is 5.97 Å². The summed E-state index contributed by atoms with van der Waals surface area (Å²) in [6, 6.07) is 52.9. The Kier molecular flexibility index (Phi) is 18.6. The molecule has 9 rings (SSSR count). The molecule has 16 nitrogen and oxygen atoms in total. The molecule has 0 spiro atoms. The Morgan fingerprint density at radius 1 is 0.520 bits per heavy atom. The van der Waals surface area contributed by atoms with Crippen molar-refractivity contribution in [1.82, 2.24) is 0 Å². The number of methoxy groups -OCH3 is 1. The number of nitro groups is 1. The van der Waals surface area contributed by atoms with E-state index in [1.54, 1.807) is 0 Å². The highest BCUT2D eigenvalue weighted by Crippen LogP contribution is 2.42. The van der Waals surface area contributed by atoms with E-state index < -0.39 is 78.1 Å². The molecule has 0 N–H and O–H groups in total.